The molecule has 0 aromatic heterocycles. The van der Waals surface area contributed by atoms with Crippen molar-refractivity contribution < 1.29 is 22.6 Å². The van der Waals surface area contributed by atoms with Crippen LogP contribution in [-0.2, 0) is 9.47 Å². The highest BCUT2D eigenvalue weighted by Crippen LogP contribution is 2.25. The fourth-order valence-electron chi connectivity index (χ4n) is 2.41. The van der Waals surface area contributed by atoms with E-state index in [-0.39, 0.29) is 0 Å². The molecule has 6 nitrogen and oxygen atoms in total. The van der Waals surface area contributed by atoms with E-state index < -0.39 is 12.2 Å². The Kier molecular flexibility index (Phi) is 9.38. The minimum Gasteiger partial charge on any atom is -0.382 e. The van der Waals surface area contributed by atoms with E-state index in [9.17, 15) is 13.2 Å². The maximum absolute atomic E-state index is 12.8. The van der Waals surface area contributed by atoms with E-state index in [1.54, 1.807) is 7.11 Å². The summed E-state index contributed by atoms with van der Waals surface area (Å²) in [5.41, 5.74) is 0. The standard InChI is InChI=1S/C15H29F3N4O2/c1-4-19-14(20-5-10-24-12-11-23-3)22-8-6-21(7-9-22)13(2)15(16,17)18/h13H,4-12H2,1-3H3,(H,19,20). The third-order valence-electron chi connectivity index (χ3n) is 3.90. The molecule has 1 unspecified atom stereocenters. The Labute approximate surface area is 142 Å². The van der Waals surface area contributed by atoms with E-state index in [1.165, 1.54) is 11.8 Å². The zero-order valence-corrected chi connectivity index (χ0v) is 14.7. The molecule has 142 valence electrons. The van der Waals surface area contributed by atoms with Gasteiger partial charge in [-0.05, 0) is 13.8 Å². The zero-order valence-electron chi connectivity index (χ0n) is 14.7. The molecule has 1 rings (SSSR count). The van der Waals surface area contributed by atoms with Crippen molar-refractivity contribution in [3.63, 3.8) is 0 Å². The van der Waals surface area contributed by atoms with E-state index in [2.05, 4.69) is 10.3 Å². The maximum atomic E-state index is 12.8. The van der Waals surface area contributed by atoms with Gasteiger partial charge in [0.1, 0.15) is 6.04 Å². The fraction of sp³-hybridized carbons (Fsp3) is 0.933. The van der Waals surface area contributed by atoms with Crippen molar-refractivity contribution in [1.29, 1.82) is 0 Å². The molecule has 0 aromatic rings. The lowest BCUT2D eigenvalue weighted by Gasteiger charge is -2.39. The molecular weight excluding hydrogens is 325 g/mol. The predicted octanol–water partition coefficient (Wildman–Crippen LogP) is 1.18. The molecule has 0 bridgehead atoms. The van der Waals surface area contributed by atoms with Crippen LogP contribution in [0.3, 0.4) is 0 Å². The number of piperazine rings is 1. The number of nitrogens with one attached hydrogen (secondary N) is 1. The maximum Gasteiger partial charge on any atom is 0.403 e. The SMILES string of the molecule is CCNC(=NCCOCCOC)N1CCN(C(C)C(F)(F)F)CC1. The van der Waals surface area contributed by atoms with Crippen molar-refractivity contribution in [3.8, 4) is 0 Å². The largest absolute Gasteiger partial charge is 0.403 e. The second-order valence-electron chi connectivity index (χ2n) is 5.58. The van der Waals surface area contributed by atoms with Gasteiger partial charge in [0.2, 0.25) is 0 Å². The third kappa shape index (κ3) is 7.23. The van der Waals surface area contributed by atoms with E-state index >= 15 is 0 Å². The van der Waals surface area contributed by atoms with Crippen molar-refractivity contribution in [1.82, 2.24) is 15.1 Å². The molecule has 1 aliphatic heterocycles. The zero-order chi connectivity index (χ0) is 18.0. The van der Waals surface area contributed by atoms with Gasteiger partial charge in [0, 0.05) is 39.8 Å². The first-order valence-corrected chi connectivity index (χ1v) is 8.30. The molecule has 1 aliphatic rings. The van der Waals surface area contributed by atoms with Crippen molar-refractivity contribution in [2.24, 2.45) is 4.99 Å². The van der Waals surface area contributed by atoms with Gasteiger partial charge >= 0.3 is 6.18 Å². The fourth-order valence-corrected chi connectivity index (χ4v) is 2.41. The normalized spacial score (nSPS) is 18.8. The number of methoxy groups -OCH3 is 1. The Bertz CT molecular complexity index is 372. The monoisotopic (exact) mass is 354 g/mol. The second-order valence-corrected chi connectivity index (χ2v) is 5.58. The Balaban J connectivity index is 2.44. The number of halogens is 3. The van der Waals surface area contributed by atoms with Crippen LogP contribution in [0.2, 0.25) is 0 Å². The molecule has 0 aromatic carbocycles. The van der Waals surface area contributed by atoms with Crippen molar-refractivity contribution in [2.75, 3.05) is 66.2 Å². The minimum atomic E-state index is -4.18. The average molecular weight is 354 g/mol. The van der Waals surface area contributed by atoms with Crippen LogP contribution in [0.4, 0.5) is 13.2 Å². The molecular formula is C15H29F3N4O2. The Morgan fingerprint density at radius 1 is 1.17 bits per heavy atom. The Morgan fingerprint density at radius 3 is 2.38 bits per heavy atom. The highest BCUT2D eigenvalue weighted by molar-refractivity contribution is 5.80. The van der Waals surface area contributed by atoms with Gasteiger partial charge in [-0.25, -0.2) is 0 Å². The summed E-state index contributed by atoms with van der Waals surface area (Å²) in [4.78, 5) is 7.94. The van der Waals surface area contributed by atoms with Gasteiger partial charge in [0.05, 0.1) is 26.4 Å². The number of rotatable bonds is 8. The molecule has 1 atom stereocenters. The third-order valence-corrected chi connectivity index (χ3v) is 3.90. The molecule has 24 heavy (non-hydrogen) atoms. The Morgan fingerprint density at radius 2 is 1.83 bits per heavy atom. The van der Waals surface area contributed by atoms with Crippen molar-refractivity contribution in [3.05, 3.63) is 0 Å². The van der Waals surface area contributed by atoms with Crippen LogP contribution >= 0.6 is 0 Å². The summed E-state index contributed by atoms with van der Waals surface area (Å²) in [5, 5.41) is 3.18. The summed E-state index contributed by atoms with van der Waals surface area (Å²) < 4.78 is 48.6. The van der Waals surface area contributed by atoms with Crippen LogP contribution < -0.4 is 5.32 Å². The van der Waals surface area contributed by atoms with Gasteiger partial charge < -0.3 is 19.7 Å². The van der Waals surface area contributed by atoms with Crippen LogP contribution in [0.15, 0.2) is 4.99 Å². The quantitative estimate of drug-likeness (QED) is 0.403. The van der Waals surface area contributed by atoms with Gasteiger partial charge in [0.25, 0.3) is 0 Å². The molecule has 0 spiro atoms. The smallest absolute Gasteiger partial charge is 0.382 e. The first-order valence-electron chi connectivity index (χ1n) is 8.30. The second kappa shape index (κ2) is 10.7. The molecule has 1 fully saturated rings. The van der Waals surface area contributed by atoms with Gasteiger partial charge in [-0.15, -0.1) is 0 Å². The summed E-state index contributed by atoms with van der Waals surface area (Å²) in [6.45, 7) is 7.74. The molecule has 9 heteroatoms. The number of aliphatic imine (C=N–C) groups is 1. The first-order chi connectivity index (χ1) is 11.4. The first kappa shape index (κ1) is 21.0. The minimum absolute atomic E-state index is 0.370. The predicted molar refractivity (Wildman–Crippen MR) is 87.3 cm³/mol. The van der Waals surface area contributed by atoms with Gasteiger partial charge in [-0.1, -0.05) is 0 Å². The lowest BCUT2D eigenvalue weighted by Crippen LogP contribution is -2.56. The average Bonchev–Trinajstić information content (AvgIpc) is 2.55. The number of ether oxygens (including phenoxy) is 2. The lowest BCUT2D eigenvalue weighted by molar-refractivity contribution is -0.181. The van der Waals surface area contributed by atoms with Crippen LogP contribution in [0.1, 0.15) is 13.8 Å². The molecule has 0 radical (unpaired) electrons. The van der Waals surface area contributed by atoms with Crippen LogP contribution in [0.5, 0.6) is 0 Å². The number of nitrogens with zero attached hydrogens (tertiary/aromatic N) is 3. The number of hydrogen-bond acceptors (Lipinski definition) is 4. The summed E-state index contributed by atoms with van der Waals surface area (Å²) >= 11 is 0. The highest BCUT2D eigenvalue weighted by atomic mass is 19.4. The van der Waals surface area contributed by atoms with Crippen LogP contribution in [-0.4, -0.2) is 94.2 Å². The van der Waals surface area contributed by atoms with E-state index in [0.717, 1.165) is 5.96 Å². The van der Waals surface area contributed by atoms with E-state index in [1.807, 2.05) is 11.8 Å². The number of alkyl halides is 3. The van der Waals surface area contributed by atoms with Crippen LogP contribution in [0.25, 0.3) is 0 Å². The van der Waals surface area contributed by atoms with Gasteiger partial charge in [-0.2, -0.15) is 13.2 Å². The summed E-state index contributed by atoms with van der Waals surface area (Å²) in [6, 6.07) is -1.41. The van der Waals surface area contributed by atoms with Gasteiger partial charge in [-0.3, -0.25) is 9.89 Å². The highest BCUT2D eigenvalue weighted by Gasteiger charge is 2.41. The van der Waals surface area contributed by atoms with E-state index in [0.29, 0.717) is 59.1 Å². The molecule has 1 saturated heterocycles. The summed E-state index contributed by atoms with van der Waals surface area (Å²) in [5.74, 6) is 0.729. The summed E-state index contributed by atoms with van der Waals surface area (Å²) in [6.07, 6.45) is -4.18. The Hall–Kier alpha value is -1.06. The molecule has 0 saturated carbocycles. The molecule has 0 aliphatic carbocycles. The number of guanidine groups is 1. The van der Waals surface area contributed by atoms with Crippen molar-refractivity contribution >= 4 is 5.96 Å². The lowest BCUT2D eigenvalue weighted by atomic mass is 10.2. The topological polar surface area (TPSA) is 49.3 Å². The van der Waals surface area contributed by atoms with Crippen LogP contribution in [0, 0.1) is 0 Å². The molecule has 0 amide bonds. The van der Waals surface area contributed by atoms with Crippen molar-refractivity contribution in [2.45, 2.75) is 26.1 Å². The molecule has 1 heterocycles. The van der Waals surface area contributed by atoms with Gasteiger partial charge in [0.15, 0.2) is 5.96 Å². The molecule has 1 N–H and O–H groups in total. The van der Waals surface area contributed by atoms with E-state index in [4.69, 9.17) is 9.47 Å². The number of hydrogen-bond donors (Lipinski definition) is 1. The summed E-state index contributed by atoms with van der Waals surface area (Å²) in [7, 11) is 1.62.